The van der Waals surface area contributed by atoms with Crippen molar-refractivity contribution in [3.05, 3.63) is 64.7 Å². The van der Waals surface area contributed by atoms with E-state index in [2.05, 4.69) is 10.9 Å². The van der Waals surface area contributed by atoms with Crippen LogP contribution in [0.1, 0.15) is 29.8 Å². The molecule has 0 aliphatic rings. The van der Waals surface area contributed by atoms with Crippen molar-refractivity contribution in [1.29, 1.82) is 0 Å². The Morgan fingerprint density at radius 2 is 1.73 bits per heavy atom. The average molecular weight is 377 g/mol. The molecule has 2 amide bonds. The van der Waals surface area contributed by atoms with E-state index in [0.717, 1.165) is 5.56 Å². The maximum absolute atomic E-state index is 12.0. The molecule has 7 heteroatoms. The Balaban J connectivity index is 1.77. The van der Waals surface area contributed by atoms with Crippen LogP contribution in [0.25, 0.3) is 0 Å². The summed E-state index contributed by atoms with van der Waals surface area (Å²) in [7, 11) is 0. The molecule has 2 rings (SSSR count). The summed E-state index contributed by atoms with van der Waals surface area (Å²) in [4.78, 5) is 23.8. The Labute approximate surface area is 157 Å². The lowest BCUT2D eigenvalue weighted by molar-refractivity contribution is -0.123. The van der Waals surface area contributed by atoms with E-state index in [1.54, 1.807) is 48.5 Å². The normalized spacial score (nSPS) is 10.5. The molecular weight excluding hydrogens is 356 g/mol. The number of hydrogen-bond acceptors (Lipinski definition) is 4. The highest BCUT2D eigenvalue weighted by atomic mass is 35.5. The third-order valence-corrected chi connectivity index (χ3v) is 3.62. The van der Waals surface area contributed by atoms with Gasteiger partial charge >= 0.3 is 0 Å². The van der Waals surface area contributed by atoms with Gasteiger partial charge in [-0.1, -0.05) is 35.9 Å². The first-order valence-corrected chi connectivity index (χ1v) is 8.50. The number of carbonyl (C=O) groups is 2. The predicted octanol–water partition coefficient (Wildman–Crippen LogP) is 3.11. The quantitative estimate of drug-likeness (QED) is 0.728. The number of para-hydroxylation sites is 1. The second-order valence-corrected chi connectivity index (χ2v) is 6.19. The van der Waals surface area contributed by atoms with Crippen molar-refractivity contribution >= 4 is 23.4 Å². The summed E-state index contributed by atoms with van der Waals surface area (Å²) in [5.41, 5.74) is 6.02. The molecule has 0 spiro atoms. The van der Waals surface area contributed by atoms with Crippen LogP contribution in [-0.2, 0) is 16.1 Å². The molecule has 2 aromatic rings. The lowest BCUT2D eigenvalue weighted by atomic mass is 10.1. The highest BCUT2D eigenvalue weighted by Crippen LogP contribution is 2.22. The Hall–Kier alpha value is -2.57. The number of carbonyl (C=O) groups excluding carboxylic acids is 2. The molecule has 0 radical (unpaired) electrons. The number of ether oxygens (including phenoxy) is 2. The van der Waals surface area contributed by atoms with Gasteiger partial charge in [0.2, 0.25) is 0 Å². The highest BCUT2D eigenvalue weighted by molar-refractivity contribution is 6.32. The third kappa shape index (κ3) is 6.38. The van der Waals surface area contributed by atoms with Gasteiger partial charge in [0.25, 0.3) is 11.8 Å². The summed E-state index contributed by atoms with van der Waals surface area (Å²) in [5.74, 6) is -0.525. The van der Waals surface area contributed by atoms with E-state index >= 15 is 0 Å². The van der Waals surface area contributed by atoms with Gasteiger partial charge in [-0.3, -0.25) is 20.4 Å². The Morgan fingerprint density at radius 1 is 1.04 bits per heavy atom. The number of hydrazine groups is 1. The molecule has 0 saturated heterocycles. The fourth-order valence-corrected chi connectivity index (χ4v) is 2.15. The van der Waals surface area contributed by atoms with Gasteiger partial charge in [-0.2, -0.15) is 0 Å². The van der Waals surface area contributed by atoms with E-state index in [1.165, 1.54) is 0 Å². The fraction of sp³-hybridized carbons (Fsp3) is 0.263. The molecule has 2 N–H and O–H groups in total. The van der Waals surface area contributed by atoms with Crippen molar-refractivity contribution in [3.63, 3.8) is 0 Å². The highest BCUT2D eigenvalue weighted by Gasteiger charge is 2.09. The summed E-state index contributed by atoms with van der Waals surface area (Å²) in [6, 6.07) is 13.8. The summed E-state index contributed by atoms with van der Waals surface area (Å²) < 4.78 is 10.8. The molecule has 26 heavy (non-hydrogen) atoms. The van der Waals surface area contributed by atoms with Gasteiger partial charge in [0.15, 0.2) is 6.61 Å². The van der Waals surface area contributed by atoms with E-state index in [1.807, 2.05) is 13.8 Å². The van der Waals surface area contributed by atoms with Crippen LogP contribution in [0, 0.1) is 0 Å². The van der Waals surface area contributed by atoms with Gasteiger partial charge in [0.05, 0.1) is 17.7 Å². The van der Waals surface area contributed by atoms with Gasteiger partial charge in [0.1, 0.15) is 5.75 Å². The van der Waals surface area contributed by atoms with Crippen LogP contribution in [0.4, 0.5) is 0 Å². The fourth-order valence-electron chi connectivity index (χ4n) is 1.96. The third-order valence-electron chi connectivity index (χ3n) is 3.31. The smallest absolute Gasteiger partial charge is 0.276 e. The minimum Gasteiger partial charge on any atom is -0.482 e. The van der Waals surface area contributed by atoms with Crippen molar-refractivity contribution in [2.75, 3.05) is 6.61 Å². The second-order valence-electron chi connectivity index (χ2n) is 5.78. The molecule has 0 saturated carbocycles. The van der Waals surface area contributed by atoms with Gasteiger partial charge in [-0.25, -0.2) is 0 Å². The number of nitrogens with one attached hydrogen (secondary N) is 2. The minimum atomic E-state index is -0.500. The maximum Gasteiger partial charge on any atom is 0.276 e. The van der Waals surface area contributed by atoms with Gasteiger partial charge in [-0.05, 0) is 43.7 Å². The molecular formula is C19H21ClN2O4. The molecule has 0 bridgehead atoms. The Morgan fingerprint density at radius 3 is 2.38 bits per heavy atom. The van der Waals surface area contributed by atoms with Crippen LogP contribution >= 0.6 is 11.6 Å². The van der Waals surface area contributed by atoms with Gasteiger partial charge in [-0.15, -0.1) is 0 Å². The first kappa shape index (κ1) is 19.8. The first-order valence-electron chi connectivity index (χ1n) is 8.12. The van der Waals surface area contributed by atoms with E-state index in [4.69, 9.17) is 21.1 Å². The van der Waals surface area contributed by atoms with Crippen molar-refractivity contribution in [3.8, 4) is 5.75 Å². The molecule has 0 aliphatic heterocycles. The molecule has 138 valence electrons. The van der Waals surface area contributed by atoms with E-state index in [-0.39, 0.29) is 12.7 Å². The summed E-state index contributed by atoms with van der Waals surface area (Å²) in [5, 5.41) is 0.408. The summed E-state index contributed by atoms with van der Waals surface area (Å²) in [6.45, 7) is 4.13. The van der Waals surface area contributed by atoms with E-state index in [0.29, 0.717) is 22.9 Å². The molecule has 0 heterocycles. The van der Waals surface area contributed by atoms with Crippen LogP contribution < -0.4 is 15.6 Å². The topological polar surface area (TPSA) is 76.7 Å². The lowest BCUT2D eigenvalue weighted by Crippen LogP contribution is -2.43. The molecule has 6 nitrogen and oxygen atoms in total. The number of halogens is 1. The maximum atomic E-state index is 12.0. The van der Waals surface area contributed by atoms with Crippen molar-refractivity contribution in [2.24, 2.45) is 0 Å². The minimum absolute atomic E-state index is 0.140. The van der Waals surface area contributed by atoms with E-state index in [9.17, 15) is 9.59 Å². The molecule has 0 atom stereocenters. The van der Waals surface area contributed by atoms with Crippen LogP contribution in [-0.4, -0.2) is 24.5 Å². The molecule has 0 aromatic heterocycles. The number of benzene rings is 2. The summed E-state index contributed by atoms with van der Waals surface area (Å²) >= 11 is 5.93. The Kier molecular flexibility index (Phi) is 7.44. The predicted molar refractivity (Wildman–Crippen MR) is 98.9 cm³/mol. The van der Waals surface area contributed by atoms with Crippen LogP contribution in [0.3, 0.4) is 0 Å². The molecule has 0 unspecified atom stereocenters. The molecule has 0 aliphatic carbocycles. The zero-order chi connectivity index (χ0) is 18.9. The molecule has 0 fully saturated rings. The van der Waals surface area contributed by atoms with Crippen LogP contribution in [0.2, 0.25) is 5.02 Å². The number of amides is 2. The average Bonchev–Trinajstić information content (AvgIpc) is 2.64. The standard InChI is InChI=1S/C19H21ClN2O4/c1-13(2)25-11-14-7-9-15(10-8-14)19(24)22-21-18(23)12-26-17-6-4-3-5-16(17)20/h3-10,13H,11-12H2,1-2H3,(H,21,23)(H,22,24). The molecule has 2 aromatic carbocycles. The van der Waals surface area contributed by atoms with Crippen molar-refractivity contribution < 1.29 is 19.1 Å². The largest absolute Gasteiger partial charge is 0.482 e. The SMILES string of the molecule is CC(C)OCc1ccc(C(=O)NNC(=O)COc2ccccc2Cl)cc1. The zero-order valence-electron chi connectivity index (χ0n) is 14.6. The van der Waals surface area contributed by atoms with E-state index < -0.39 is 11.8 Å². The number of rotatable bonds is 7. The number of hydrogen-bond donors (Lipinski definition) is 2. The second kappa shape index (κ2) is 9.79. The van der Waals surface area contributed by atoms with Gasteiger partial charge < -0.3 is 9.47 Å². The van der Waals surface area contributed by atoms with Crippen molar-refractivity contribution in [2.45, 2.75) is 26.6 Å². The lowest BCUT2D eigenvalue weighted by Gasteiger charge is -2.10. The Bertz CT molecular complexity index is 747. The van der Waals surface area contributed by atoms with Crippen molar-refractivity contribution in [1.82, 2.24) is 10.9 Å². The zero-order valence-corrected chi connectivity index (χ0v) is 15.4. The first-order chi connectivity index (χ1) is 12.5. The summed E-state index contributed by atoms with van der Waals surface area (Å²) in [6.07, 6.45) is 0.140. The monoisotopic (exact) mass is 376 g/mol. The van der Waals surface area contributed by atoms with Crippen LogP contribution in [0.5, 0.6) is 5.75 Å². The van der Waals surface area contributed by atoms with Crippen LogP contribution in [0.15, 0.2) is 48.5 Å². The van der Waals surface area contributed by atoms with Gasteiger partial charge in [0, 0.05) is 5.56 Å².